The Kier molecular flexibility index (Phi) is 12.3. The summed E-state index contributed by atoms with van der Waals surface area (Å²) in [5.74, 6) is -0.0656. The van der Waals surface area contributed by atoms with E-state index in [2.05, 4.69) is 12.2 Å². The molecule has 0 bridgehead atoms. The van der Waals surface area contributed by atoms with Crippen molar-refractivity contribution >= 4 is 29.3 Å². The first-order valence-corrected chi connectivity index (χ1v) is 12.3. The number of carbonyl (C=O) groups is 2. The average molecular weight is 499 g/mol. The van der Waals surface area contributed by atoms with Gasteiger partial charge in [0.25, 0.3) is 5.91 Å². The first-order valence-electron chi connectivity index (χ1n) is 12.3. The van der Waals surface area contributed by atoms with Crippen LogP contribution in [0.15, 0.2) is 42.5 Å². The number of unbranched alkanes of at least 4 members (excludes halogenated alkanes) is 5. The van der Waals surface area contributed by atoms with Crippen molar-refractivity contribution < 1.29 is 28.9 Å². The molecular weight excluding hydrogens is 460 g/mol. The summed E-state index contributed by atoms with van der Waals surface area (Å²) in [5.41, 5.74) is 1.93. The van der Waals surface area contributed by atoms with Crippen LogP contribution in [0.25, 0.3) is 6.08 Å². The molecule has 0 aliphatic rings. The second-order valence-electron chi connectivity index (χ2n) is 8.42. The maximum Gasteiger partial charge on any atom is 0.252 e. The molecule has 0 fully saturated rings. The minimum atomic E-state index is -0.332. The zero-order chi connectivity index (χ0) is 26.3. The van der Waals surface area contributed by atoms with Gasteiger partial charge in [-0.05, 0) is 54.5 Å². The molecule has 2 aromatic rings. The highest BCUT2D eigenvalue weighted by Crippen LogP contribution is 2.37. The Morgan fingerprint density at radius 1 is 0.972 bits per heavy atom. The molecule has 2 aromatic carbocycles. The number of likely N-dealkylation sites (N-methyl/N-ethyl adjacent to an activating group) is 1. The number of hydrogen-bond acceptors (Lipinski definition) is 6. The quantitative estimate of drug-likeness (QED) is 0.252. The molecule has 2 amide bonds. The van der Waals surface area contributed by atoms with Crippen molar-refractivity contribution in [3.8, 4) is 17.2 Å². The van der Waals surface area contributed by atoms with Crippen LogP contribution >= 0.6 is 0 Å². The number of hydrogen-bond donors (Lipinski definition) is 2. The van der Waals surface area contributed by atoms with Gasteiger partial charge in [-0.15, -0.1) is 0 Å². The largest absolute Gasteiger partial charge is 0.502 e. The summed E-state index contributed by atoms with van der Waals surface area (Å²) in [7, 11) is 4.58. The van der Waals surface area contributed by atoms with Crippen molar-refractivity contribution in [2.24, 2.45) is 0 Å². The van der Waals surface area contributed by atoms with E-state index in [1.807, 2.05) is 0 Å². The third-order valence-corrected chi connectivity index (χ3v) is 5.69. The molecule has 0 aromatic heterocycles. The molecule has 8 heteroatoms. The minimum absolute atomic E-state index is 0.0432. The number of methoxy groups -OCH3 is 2. The van der Waals surface area contributed by atoms with E-state index in [0.717, 1.165) is 12.8 Å². The van der Waals surface area contributed by atoms with Crippen LogP contribution in [0.5, 0.6) is 17.2 Å². The van der Waals surface area contributed by atoms with Crippen LogP contribution in [0.4, 0.5) is 11.4 Å². The fourth-order valence-corrected chi connectivity index (χ4v) is 3.52. The molecule has 196 valence electrons. The van der Waals surface area contributed by atoms with Gasteiger partial charge >= 0.3 is 0 Å². The van der Waals surface area contributed by atoms with Gasteiger partial charge in [0, 0.05) is 31.1 Å². The molecule has 8 nitrogen and oxygen atoms in total. The van der Waals surface area contributed by atoms with Crippen molar-refractivity contribution in [3.63, 3.8) is 0 Å². The Labute approximate surface area is 213 Å². The van der Waals surface area contributed by atoms with E-state index in [1.54, 1.807) is 54.4 Å². The Morgan fingerprint density at radius 2 is 1.58 bits per heavy atom. The lowest BCUT2D eigenvalue weighted by molar-refractivity contribution is -0.122. The van der Waals surface area contributed by atoms with Crippen LogP contribution in [0.3, 0.4) is 0 Å². The number of phenolic OH excluding ortho intramolecular Hbond substituents is 1. The first-order chi connectivity index (χ1) is 17.4. The smallest absolute Gasteiger partial charge is 0.252 e. The maximum absolute atomic E-state index is 12.4. The lowest BCUT2D eigenvalue weighted by atomic mass is 10.1. The molecule has 0 saturated carbocycles. The number of carbonyl (C=O) groups excluding carboxylic acids is 2. The van der Waals surface area contributed by atoms with E-state index in [4.69, 9.17) is 14.2 Å². The summed E-state index contributed by atoms with van der Waals surface area (Å²) in [6.45, 7) is 2.83. The second kappa shape index (κ2) is 15.5. The number of ether oxygens (including phenoxy) is 3. The minimum Gasteiger partial charge on any atom is -0.502 e. The first kappa shape index (κ1) is 28.7. The molecule has 2 rings (SSSR count). The maximum atomic E-state index is 12.4. The number of rotatable bonds is 15. The Morgan fingerprint density at radius 3 is 2.19 bits per heavy atom. The molecule has 0 unspecified atom stereocenters. The van der Waals surface area contributed by atoms with Gasteiger partial charge in [-0.2, -0.15) is 0 Å². The summed E-state index contributed by atoms with van der Waals surface area (Å²) in [4.78, 5) is 26.3. The Hall–Kier alpha value is -3.52. The van der Waals surface area contributed by atoms with E-state index in [-0.39, 0.29) is 35.7 Å². The Balaban J connectivity index is 1.82. The van der Waals surface area contributed by atoms with Gasteiger partial charge in [-0.3, -0.25) is 9.59 Å². The van der Waals surface area contributed by atoms with Crippen molar-refractivity contribution in [2.75, 3.05) is 44.7 Å². The van der Waals surface area contributed by atoms with Crippen LogP contribution in [0.1, 0.15) is 51.0 Å². The highest BCUT2D eigenvalue weighted by molar-refractivity contribution is 6.02. The fraction of sp³-hybridized carbons (Fsp3) is 0.429. The van der Waals surface area contributed by atoms with Gasteiger partial charge in [0.1, 0.15) is 6.61 Å². The predicted octanol–water partition coefficient (Wildman–Crippen LogP) is 5.40. The molecule has 0 aliphatic carbocycles. The predicted molar refractivity (Wildman–Crippen MR) is 143 cm³/mol. The van der Waals surface area contributed by atoms with Gasteiger partial charge in [0.05, 0.1) is 14.2 Å². The number of phenols is 1. The summed E-state index contributed by atoms with van der Waals surface area (Å²) in [6.07, 6.45) is 10.0. The van der Waals surface area contributed by atoms with Gasteiger partial charge in [0.15, 0.2) is 11.5 Å². The van der Waals surface area contributed by atoms with Crippen molar-refractivity contribution in [3.05, 3.63) is 48.0 Å². The monoisotopic (exact) mass is 498 g/mol. The number of benzene rings is 2. The van der Waals surface area contributed by atoms with Crippen molar-refractivity contribution in [1.29, 1.82) is 0 Å². The highest BCUT2D eigenvalue weighted by Gasteiger charge is 2.12. The van der Waals surface area contributed by atoms with Crippen LogP contribution in [-0.2, 0) is 14.3 Å². The SMILES string of the molecule is CCCCCCCCOCC(=O)N(C)c1ccc(NC(=O)C=Cc2cc(OC)c(O)c(OC)c2)cc1. The molecule has 36 heavy (non-hydrogen) atoms. The number of nitrogens with zero attached hydrogens (tertiary/aromatic N) is 1. The normalized spacial score (nSPS) is 10.9. The molecule has 0 atom stereocenters. The molecule has 0 heterocycles. The summed E-state index contributed by atoms with van der Waals surface area (Å²) in [6, 6.07) is 10.2. The van der Waals surface area contributed by atoms with Crippen LogP contribution in [0, 0.1) is 0 Å². The molecule has 0 saturated heterocycles. The molecule has 0 radical (unpaired) electrons. The standard InChI is InChI=1S/C28H38N2O6/c1-5-6-7-8-9-10-17-36-20-27(32)30(2)23-14-12-22(13-15-23)29-26(31)16-11-21-18-24(34-3)28(33)25(19-21)35-4/h11-16,18-19,33H,5-10,17,20H2,1-4H3,(H,29,31). The summed E-state index contributed by atoms with van der Waals surface area (Å²) >= 11 is 0. The highest BCUT2D eigenvalue weighted by atomic mass is 16.5. The number of anilines is 2. The van der Waals surface area contributed by atoms with Gasteiger partial charge < -0.3 is 29.5 Å². The Bertz CT molecular complexity index is 979. The van der Waals surface area contributed by atoms with Crippen LogP contribution in [-0.4, -0.2) is 51.4 Å². The third-order valence-electron chi connectivity index (χ3n) is 5.69. The second-order valence-corrected chi connectivity index (χ2v) is 8.42. The number of nitrogens with one attached hydrogen (secondary N) is 1. The summed E-state index contributed by atoms with van der Waals surface area (Å²) < 4.78 is 15.8. The van der Waals surface area contributed by atoms with E-state index < -0.39 is 0 Å². The molecule has 2 N–H and O–H groups in total. The number of aromatic hydroxyl groups is 1. The molecule has 0 spiro atoms. The lowest BCUT2D eigenvalue weighted by Gasteiger charge is -2.18. The van der Waals surface area contributed by atoms with E-state index in [1.165, 1.54) is 46.0 Å². The average Bonchev–Trinajstić information content (AvgIpc) is 2.89. The van der Waals surface area contributed by atoms with E-state index in [9.17, 15) is 14.7 Å². The topological polar surface area (TPSA) is 97.3 Å². The van der Waals surface area contributed by atoms with Gasteiger partial charge in [0.2, 0.25) is 11.7 Å². The van der Waals surface area contributed by atoms with Crippen LogP contribution < -0.4 is 19.7 Å². The molecular formula is C28H38N2O6. The number of amides is 2. The van der Waals surface area contributed by atoms with E-state index >= 15 is 0 Å². The van der Waals surface area contributed by atoms with Gasteiger partial charge in [-0.25, -0.2) is 0 Å². The van der Waals surface area contributed by atoms with E-state index in [0.29, 0.717) is 23.5 Å². The zero-order valence-electron chi connectivity index (χ0n) is 21.7. The van der Waals surface area contributed by atoms with Crippen molar-refractivity contribution in [2.45, 2.75) is 45.4 Å². The van der Waals surface area contributed by atoms with Crippen LogP contribution in [0.2, 0.25) is 0 Å². The molecule has 0 aliphatic heterocycles. The van der Waals surface area contributed by atoms with Gasteiger partial charge in [-0.1, -0.05) is 39.0 Å². The zero-order valence-corrected chi connectivity index (χ0v) is 21.7. The fourth-order valence-electron chi connectivity index (χ4n) is 3.52. The lowest BCUT2D eigenvalue weighted by Crippen LogP contribution is -2.30. The third kappa shape index (κ3) is 9.26. The van der Waals surface area contributed by atoms with Crippen molar-refractivity contribution in [1.82, 2.24) is 0 Å². The summed E-state index contributed by atoms with van der Waals surface area (Å²) in [5, 5.41) is 12.8.